The number of anilines is 2. The Bertz CT molecular complexity index is 1080. The lowest BCUT2D eigenvalue weighted by Gasteiger charge is -2.21. The van der Waals surface area contributed by atoms with Crippen LogP contribution in [0.4, 0.5) is 11.4 Å². The molecule has 2 aromatic carbocycles. The van der Waals surface area contributed by atoms with Gasteiger partial charge in [-0.25, -0.2) is 13.1 Å². The highest BCUT2D eigenvalue weighted by atomic mass is 32.2. The average molecular weight is 473 g/mol. The molecular weight excluding hydrogens is 440 g/mol. The molecule has 178 valence electrons. The van der Waals surface area contributed by atoms with Gasteiger partial charge in [0.25, 0.3) is 5.91 Å². The van der Waals surface area contributed by atoms with Gasteiger partial charge in [0.15, 0.2) is 0 Å². The number of rotatable bonds is 10. The molecule has 1 saturated heterocycles. The van der Waals surface area contributed by atoms with Crippen molar-refractivity contribution in [3.05, 3.63) is 54.1 Å². The normalized spacial score (nSPS) is 14.7. The summed E-state index contributed by atoms with van der Waals surface area (Å²) in [6.07, 6.45) is 4.45. The quantitative estimate of drug-likeness (QED) is 0.492. The second-order valence-corrected chi connectivity index (χ2v) is 10.0. The topological polar surface area (TPSA) is 108 Å². The van der Waals surface area contributed by atoms with Crippen LogP contribution >= 0.6 is 0 Å². The van der Waals surface area contributed by atoms with Crippen LogP contribution in [0, 0.1) is 0 Å². The third kappa shape index (κ3) is 6.55. The van der Waals surface area contributed by atoms with E-state index in [1.807, 2.05) is 31.2 Å². The van der Waals surface area contributed by atoms with E-state index in [4.69, 9.17) is 0 Å². The maximum Gasteiger partial charge on any atom is 0.251 e. The number of unbranched alkanes of at least 4 members (excludes halogenated alkanes) is 1. The van der Waals surface area contributed by atoms with E-state index in [2.05, 4.69) is 20.3 Å². The number of carbonyl (C=O) groups is 2. The van der Waals surface area contributed by atoms with E-state index in [1.54, 1.807) is 0 Å². The molecule has 3 N–H and O–H groups in total. The molecule has 1 atom stereocenters. The smallest absolute Gasteiger partial charge is 0.251 e. The van der Waals surface area contributed by atoms with E-state index in [9.17, 15) is 18.0 Å². The van der Waals surface area contributed by atoms with E-state index in [1.165, 1.54) is 44.2 Å². The van der Waals surface area contributed by atoms with E-state index in [0.717, 1.165) is 31.6 Å². The van der Waals surface area contributed by atoms with Crippen LogP contribution in [0.25, 0.3) is 0 Å². The van der Waals surface area contributed by atoms with Gasteiger partial charge in [-0.3, -0.25) is 9.59 Å². The summed E-state index contributed by atoms with van der Waals surface area (Å²) in [6.45, 7) is 4.03. The molecule has 0 spiro atoms. The van der Waals surface area contributed by atoms with Crippen molar-refractivity contribution in [2.75, 3.05) is 30.4 Å². The minimum atomic E-state index is -3.68. The molecule has 1 aliphatic heterocycles. The molecule has 0 bridgehead atoms. The molecule has 1 fully saturated rings. The summed E-state index contributed by atoms with van der Waals surface area (Å²) in [6, 6.07) is 12.7. The van der Waals surface area contributed by atoms with Crippen LogP contribution < -0.4 is 20.3 Å². The van der Waals surface area contributed by atoms with Crippen LogP contribution in [0.1, 0.15) is 49.4 Å². The van der Waals surface area contributed by atoms with Crippen LogP contribution in [0.5, 0.6) is 0 Å². The number of hydrogen-bond acceptors (Lipinski definition) is 5. The second kappa shape index (κ2) is 11.3. The second-order valence-electron chi connectivity index (χ2n) is 8.14. The van der Waals surface area contributed by atoms with Gasteiger partial charge in [-0.1, -0.05) is 31.9 Å². The Morgan fingerprint density at radius 2 is 1.79 bits per heavy atom. The summed E-state index contributed by atoms with van der Waals surface area (Å²) < 4.78 is 26.4. The van der Waals surface area contributed by atoms with Gasteiger partial charge in [0.05, 0.1) is 4.90 Å². The maximum absolute atomic E-state index is 13.0. The van der Waals surface area contributed by atoms with Crippen molar-refractivity contribution in [1.29, 1.82) is 0 Å². The lowest BCUT2D eigenvalue weighted by molar-refractivity contribution is -0.118. The molecule has 8 nitrogen and oxygen atoms in total. The number of amides is 2. The Balaban J connectivity index is 1.73. The number of nitrogens with one attached hydrogen (secondary N) is 3. The molecule has 0 aliphatic carbocycles. The fourth-order valence-electron chi connectivity index (χ4n) is 3.83. The van der Waals surface area contributed by atoms with E-state index < -0.39 is 22.0 Å². The van der Waals surface area contributed by atoms with Crippen molar-refractivity contribution < 1.29 is 18.0 Å². The molecular formula is C24H32N4O4S. The predicted octanol–water partition coefficient (Wildman–Crippen LogP) is 3.12. The fraction of sp³-hybridized carbons (Fsp3) is 0.417. The Morgan fingerprint density at radius 1 is 1.06 bits per heavy atom. The highest BCUT2D eigenvalue weighted by molar-refractivity contribution is 7.89. The summed E-state index contributed by atoms with van der Waals surface area (Å²) in [5.41, 5.74) is 1.93. The first-order chi connectivity index (χ1) is 15.8. The average Bonchev–Trinajstić information content (AvgIpc) is 3.37. The number of nitrogens with zero attached hydrogens (tertiary/aromatic N) is 1. The monoisotopic (exact) mass is 472 g/mol. The molecule has 1 aliphatic rings. The zero-order chi connectivity index (χ0) is 23.8. The van der Waals surface area contributed by atoms with Crippen molar-refractivity contribution in [2.45, 2.75) is 50.0 Å². The number of carbonyl (C=O) groups excluding carboxylic acids is 2. The number of benzene rings is 2. The Hall–Kier alpha value is -2.91. The summed E-state index contributed by atoms with van der Waals surface area (Å²) in [4.78, 5) is 28.2. The van der Waals surface area contributed by atoms with Gasteiger partial charge in [-0.2, -0.15) is 0 Å². The van der Waals surface area contributed by atoms with Crippen molar-refractivity contribution in [3.8, 4) is 0 Å². The molecule has 0 aromatic heterocycles. The van der Waals surface area contributed by atoms with E-state index >= 15 is 0 Å². The van der Waals surface area contributed by atoms with Crippen LogP contribution in [-0.4, -0.2) is 46.4 Å². The summed E-state index contributed by atoms with van der Waals surface area (Å²) in [5, 5.41) is 5.71. The fourth-order valence-corrected chi connectivity index (χ4v) is 4.60. The first-order valence-corrected chi connectivity index (χ1v) is 12.8. The molecule has 2 amide bonds. The summed E-state index contributed by atoms with van der Waals surface area (Å²) >= 11 is 0. The first kappa shape index (κ1) is 24.7. The zero-order valence-corrected chi connectivity index (χ0v) is 20.0. The van der Waals surface area contributed by atoms with Gasteiger partial charge in [0.1, 0.15) is 6.04 Å². The maximum atomic E-state index is 13.0. The van der Waals surface area contributed by atoms with Crippen molar-refractivity contribution in [2.24, 2.45) is 0 Å². The Labute approximate surface area is 195 Å². The van der Waals surface area contributed by atoms with Crippen LogP contribution in [0.2, 0.25) is 0 Å². The van der Waals surface area contributed by atoms with Gasteiger partial charge < -0.3 is 15.5 Å². The van der Waals surface area contributed by atoms with E-state index in [-0.39, 0.29) is 16.4 Å². The van der Waals surface area contributed by atoms with Crippen molar-refractivity contribution >= 4 is 33.2 Å². The van der Waals surface area contributed by atoms with Gasteiger partial charge >= 0.3 is 0 Å². The molecule has 1 heterocycles. The predicted molar refractivity (Wildman–Crippen MR) is 130 cm³/mol. The third-order valence-electron chi connectivity index (χ3n) is 5.73. The molecule has 2 aromatic rings. The van der Waals surface area contributed by atoms with Crippen LogP contribution in [0.15, 0.2) is 53.4 Å². The molecule has 3 rings (SSSR count). The highest BCUT2D eigenvalue weighted by Gasteiger charge is 2.23. The zero-order valence-electron chi connectivity index (χ0n) is 19.1. The largest absolute Gasteiger partial charge is 0.371 e. The summed E-state index contributed by atoms with van der Waals surface area (Å²) in [7, 11) is -2.37. The molecule has 0 radical (unpaired) electrons. The Kier molecular flexibility index (Phi) is 8.46. The molecule has 33 heavy (non-hydrogen) atoms. The minimum absolute atomic E-state index is 0.00839. The van der Waals surface area contributed by atoms with Crippen molar-refractivity contribution in [3.63, 3.8) is 0 Å². The minimum Gasteiger partial charge on any atom is -0.371 e. The molecule has 0 saturated carbocycles. The van der Waals surface area contributed by atoms with Gasteiger partial charge in [-0.15, -0.1) is 0 Å². The Morgan fingerprint density at radius 3 is 2.48 bits per heavy atom. The molecule has 9 heteroatoms. The summed E-state index contributed by atoms with van der Waals surface area (Å²) in [5.74, 6) is -0.792. The standard InChI is InChI=1S/C24H32N4O4S/c1-3-4-13-22(27-23(29)18-9-7-12-21(16-18)33(31,32)25-2)24(30)26-19-10-8-11-20(17-19)28-14-5-6-15-28/h7-12,16-17,22,25H,3-6,13-15H2,1-2H3,(H,26,30)(H,27,29)/t22-/m1/s1. The van der Waals surface area contributed by atoms with Gasteiger partial charge in [0, 0.05) is 30.0 Å². The lowest BCUT2D eigenvalue weighted by atomic mass is 10.1. The van der Waals surface area contributed by atoms with Gasteiger partial charge in [-0.05, 0) is 62.7 Å². The first-order valence-electron chi connectivity index (χ1n) is 11.3. The van der Waals surface area contributed by atoms with Crippen LogP contribution in [-0.2, 0) is 14.8 Å². The lowest BCUT2D eigenvalue weighted by Crippen LogP contribution is -2.43. The number of sulfonamides is 1. The van der Waals surface area contributed by atoms with Crippen molar-refractivity contribution in [1.82, 2.24) is 10.0 Å². The molecule has 0 unspecified atom stereocenters. The van der Waals surface area contributed by atoms with E-state index in [0.29, 0.717) is 12.1 Å². The third-order valence-corrected chi connectivity index (χ3v) is 7.14. The van der Waals surface area contributed by atoms with Crippen LogP contribution in [0.3, 0.4) is 0 Å². The number of hydrogen-bond donors (Lipinski definition) is 3. The SMILES string of the molecule is CCCC[C@@H](NC(=O)c1cccc(S(=O)(=O)NC)c1)C(=O)Nc1cccc(N2CCCC2)c1. The van der Waals surface area contributed by atoms with Gasteiger partial charge in [0.2, 0.25) is 15.9 Å². The highest BCUT2D eigenvalue weighted by Crippen LogP contribution is 2.23.